The zero-order valence-electron chi connectivity index (χ0n) is 13.2. The van der Waals surface area contributed by atoms with Gasteiger partial charge in [0.05, 0.1) is 6.04 Å². The Morgan fingerprint density at radius 1 is 1.38 bits per heavy atom. The van der Waals surface area contributed by atoms with Crippen LogP contribution in [0.2, 0.25) is 5.02 Å². The van der Waals surface area contributed by atoms with Gasteiger partial charge < -0.3 is 9.84 Å². The molecule has 1 aromatic heterocycles. The molecule has 24 heavy (non-hydrogen) atoms. The second kappa shape index (κ2) is 6.96. The van der Waals surface area contributed by atoms with E-state index in [0.717, 1.165) is 26.1 Å². The van der Waals surface area contributed by atoms with Crippen molar-refractivity contribution in [3.63, 3.8) is 0 Å². The summed E-state index contributed by atoms with van der Waals surface area (Å²) in [4.78, 5) is 6.77. The van der Waals surface area contributed by atoms with E-state index in [1.165, 1.54) is 6.07 Å². The van der Waals surface area contributed by atoms with Crippen LogP contribution in [0.25, 0.3) is 0 Å². The quantitative estimate of drug-likeness (QED) is 0.896. The first-order valence-corrected chi connectivity index (χ1v) is 8.21. The molecule has 130 valence electrons. The van der Waals surface area contributed by atoms with Crippen LogP contribution < -0.4 is 5.32 Å². The largest absolute Gasteiger partial charge is 0.339 e. The van der Waals surface area contributed by atoms with E-state index in [-0.39, 0.29) is 36.1 Å². The smallest absolute Gasteiger partial charge is 0.230 e. The van der Waals surface area contributed by atoms with Crippen LogP contribution in [0.4, 0.5) is 4.39 Å². The highest BCUT2D eigenvalue weighted by Crippen LogP contribution is 2.56. The Kier molecular flexibility index (Phi) is 5.11. The molecule has 2 heterocycles. The summed E-state index contributed by atoms with van der Waals surface area (Å²) >= 11 is 6.14. The molecule has 2 aromatic rings. The Labute approximate surface area is 151 Å². The highest BCUT2D eigenvalue weighted by molar-refractivity contribution is 6.31. The zero-order chi connectivity index (χ0) is 16.0. The average molecular weight is 373 g/mol. The van der Waals surface area contributed by atoms with Gasteiger partial charge in [-0.1, -0.05) is 22.8 Å². The van der Waals surface area contributed by atoms with Crippen molar-refractivity contribution in [1.29, 1.82) is 0 Å². The van der Waals surface area contributed by atoms with Gasteiger partial charge in [0.1, 0.15) is 5.82 Å². The van der Waals surface area contributed by atoms with Crippen molar-refractivity contribution < 1.29 is 8.91 Å². The average Bonchev–Trinajstić information content (AvgIpc) is 3.15. The fourth-order valence-corrected chi connectivity index (χ4v) is 3.58. The number of aromatic nitrogens is 2. The van der Waals surface area contributed by atoms with Crippen molar-refractivity contribution in [2.24, 2.45) is 0 Å². The van der Waals surface area contributed by atoms with Gasteiger partial charge in [0.2, 0.25) is 5.89 Å². The van der Waals surface area contributed by atoms with Crippen LogP contribution in [-0.2, 0) is 0 Å². The van der Waals surface area contributed by atoms with Crippen molar-refractivity contribution >= 4 is 24.0 Å². The molecular weight excluding hydrogens is 354 g/mol. The van der Waals surface area contributed by atoms with Crippen molar-refractivity contribution in [2.45, 2.75) is 24.3 Å². The molecule has 0 bridgehead atoms. The van der Waals surface area contributed by atoms with Crippen molar-refractivity contribution in [2.75, 3.05) is 26.7 Å². The lowest BCUT2D eigenvalue weighted by molar-refractivity contribution is 0.190. The molecule has 2 fully saturated rings. The normalized spacial score (nSPS) is 26.9. The SMILES string of the molecule is CN1CCNCC1c1noc(C2CC2c2c(F)cccc2Cl)n1.Cl. The van der Waals surface area contributed by atoms with Gasteiger partial charge in [-0.25, -0.2) is 4.39 Å². The maximum Gasteiger partial charge on any atom is 0.230 e. The van der Waals surface area contributed by atoms with Gasteiger partial charge in [-0.3, -0.25) is 4.90 Å². The van der Waals surface area contributed by atoms with E-state index in [2.05, 4.69) is 27.4 Å². The van der Waals surface area contributed by atoms with E-state index in [1.54, 1.807) is 12.1 Å². The third-order valence-electron chi connectivity index (χ3n) is 4.74. The van der Waals surface area contributed by atoms with Crippen molar-refractivity contribution in [1.82, 2.24) is 20.4 Å². The Hall–Kier alpha value is -1.21. The number of hydrogen-bond acceptors (Lipinski definition) is 5. The molecule has 1 saturated carbocycles. The second-order valence-electron chi connectivity index (χ2n) is 6.28. The van der Waals surface area contributed by atoms with E-state index < -0.39 is 0 Å². The number of benzene rings is 1. The number of nitrogens with zero attached hydrogens (tertiary/aromatic N) is 3. The van der Waals surface area contributed by atoms with Gasteiger partial charge in [0.25, 0.3) is 0 Å². The van der Waals surface area contributed by atoms with E-state index in [9.17, 15) is 4.39 Å². The van der Waals surface area contributed by atoms with Gasteiger partial charge in [-0.15, -0.1) is 12.4 Å². The Morgan fingerprint density at radius 3 is 2.96 bits per heavy atom. The molecule has 0 amide bonds. The number of halogens is 3. The van der Waals surface area contributed by atoms with Gasteiger partial charge in [0, 0.05) is 42.1 Å². The molecule has 5 nitrogen and oxygen atoms in total. The molecular formula is C16H19Cl2FN4O. The predicted molar refractivity (Wildman–Crippen MR) is 91.3 cm³/mol. The summed E-state index contributed by atoms with van der Waals surface area (Å²) in [5, 5.41) is 7.93. The first kappa shape index (κ1) is 17.6. The Morgan fingerprint density at radius 2 is 2.21 bits per heavy atom. The molecule has 1 saturated heterocycles. The van der Waals surface area contributed by atoms with E-state index >= 15 is 0 Å². The molecule has 8 heteroatoms. The maximum atomic E-state index is 14.0. The fraction of sp³-hybridized carbons (Fsp3) is 0.500. The number of nitrogens with one attached hydrogen (secondary N) is 1. The highest BCUT2D eigenvalue weighted by atomic mass is 35.5. The molecule has 1 N–H and O–H groups in total. The van der Waals surface area contributed by atoms with Crippen LogP contribution in [0.15, 0.2) is 22.7 Å². The summed E-state index contributed by atoms with van der Waals surface area (Å²) in [6.45, 7) is 2.72. The van der Waals surface area contributed by atoms with Crippen LogP contribution in [-0.4, -0.2) is 41.7 Å². The van der Waals surface area contributed by atoms with Crippen LogP contribution in [0.1, 0.15) is 41.6 Å². The number of likely N-dealkylation sites (N-methyl/N-ethyl adjacent to an activating group) is 1. The van der Waals surface area contributed by atoms with Gasteiger partial charge in [-0.05, 0) is 25.6 Å². The number of piperazine rings is 1. The Bertz CT molecular complexity index is 706. The van der Waals surface area contributed by atoms with Gasteiger partial charge in [-0.2, -0.15) is 4.98 Å². The fourth-order valence-electron chi connectivity index (χ4n) is 3.28. The third-order valence-corrected chi connectivity index (χ3v) is 5.07. The topological polar surface area (TPSA) is 54.2 Å². The Balaban J connectivity index is 0.00000169. The zero-order valence-corrected chi connectivity index (χ0v) is 14.8. The molecule has 0 radical (unpaired) electrons. The van der Waals surface area contributed by atoms with Crippen molar-refractivity contribution in [3.8, 4) is 0 Å². The monoisotopic (exact) mass is 372 g/mol. The maximum absolute atomic E-state index is 14.0. The summed E-state index contributed by atoms with van der Waals surface area (Å²) in [5.74, 6) is 1.11. The third kappa shape index (κ3) is 3.16. The minimum Gasteiger partial charge on any atom is -0.339 e. The minimum absolute atomic E-state index is 0. The highest BCUT2D eigenvalue weighted by Gasteiger charge is 2.46. The molecule has 1 aliphatic carbocycles. The summed E-state index contributed by atoms with van der Waals surface area (Å²) in [6.07, 6.45) is 0.793. The minimum atomic E-state index is -0.263. The van der Waals surface area contributed by atoms with Crippen molar-refractivity contribution in [3.05, 3.63) is 46.3 Å². The first-order valence-electron chi connectivity index (χ1n) is 7.83. The first-order chi connectivity index (χ1) is 11.1. The molecule has 3 atom stereocenters. The summed E-state index contributed by atoms with van der Waals surface area (Å²) in [5.41, 5.74) is 0.565. The van der Waals surface area contributed by atoms with Crippen LogP contribution in [0, 0.1) is 5.82 Å². The van der Waals surface area contributed by atoms with Crippen LogP contribution >= 0.6 is 24.0 Å². The standard InChI is InChI=1S/C16H18ClFN4O.ClH/c1-22-6-5-19-8-13(22)15-20-16(23-21-15)10-7-9(10)14-11(17)3-2-4-12(14)18;/h2-4,9-10,13,19H,5-8H2,1H3;1H. The molecule has 1 aromatic carbocycles. The summed E-state index contributed by atoms with van der Waals surface area (Å²) < 4.78 is 19.5. The molecule has 4 rings (SSSR count). The van der Waals surface area contributed by atoms with Crippen LogP contribution in [0.3, 0.4) is 0 Å². The van der Waals surface area contributed by atoms with Gasteiger partial charge >= 0.3 is 0 Å². The lowest BCUT2D eigenvalue weighted by Gasteiger charge is -2.30. The van der Waals surface area contributed by atoms with Crippen LogP contribution in [0.5, 0.6) is 0 Å². The van der Waals surface area contributed by atoms with Gasteiger partial charge in [0.15, 0.2) is 5.82 Å². The second-order valence-corrected chi connectivity index (χ2v) is 6.68. The van der Waals surface area contributed by atoms with E-state index in [4.69, 9.17) is 16.1 Å². The van der Waals surface area contributed by atoms with E-state index in [1.807, 2.05) is 0 Å². The lowest BCUT2D eigenvalue weighted by Crippen LogP contribution is -2.44. The molecule has 1 aliphatic heterocycles. The number of hydrogen-bond donors (Lipinski definition) is 1. The summed E-state index contributed by atoms with van der Waals surface area (Å²) in [6, 6.07) is 4.90. The molecule has 2 aliphatic rings. The summed E-state index contributed by atoms with van der Waals surface area (Å²) in [7, 11) is 2.06. The van der Waals surface area contributed by atoms with E-state index in [0.29, 0.717) is 22.3 Å². The molecule has 3 unspecified atom stereocenters. The number of rotatable bonds is 3. The lowest BCUT2D eigenvalue weighted by atomic mass is 10.1. The predicted octanol–water partition coefficient (Wildman–Crippen LogP) is 3.13. The molecule has 0 spiro atoms.